The van der Waals surface area contributed by atoms with Gasteiger partial charge in [0.2, 0.25) is 0 Å². The number of nitrogens with one attached hydrogen (secondary N) is 1. The number of piperazine rings is 1. The highest BCUT2D eigenvalue weighted by Crippen LogP contribution is 2.10. The maximum atomic E-state index is 12.3. The molecule has 1 aliphatic rings. The topological polar surface area (TPSA) is 61.4 Å². The van der Waals surface area contributed by atoms with E-state index in [9.17, 15) is 4.79 Å². The fourth-order valence-electron chi connectivity index (χ4n) is 1.97. The molecule has 1 aromatic heterocycles. The second kappa shape index (κ2) is 5.30. The van der Waals surface area contributed by atoms with Gasteiger partial charge < -0.3 is 15.1 Å². The van der Waals surface area contributed by atoms with Gasteiger partial charge in [-0.15, -0.1) is 10.2 Å². The molecule has 1 N–H and O–H groups in total. The largest absolute Gasteiger partial charge is 0.361 e. The summed E-state index contributed by atoms with van der Waals surface area (Å²) in [5.41, 5.74) is 0.411. The first kappa shape index (κ1) is 12.8. The zero-order valence-electron chi connectivity index (χ0n) is 11.1. The Hall–Kier alpha value is -1.69. The summed E-state index contributed by atoms with van der Waals surface area (Å²) in [5, 5.41) is 11.3. The van der Waals surface area contributed by atoms with Crippen molar-refractivity contribution in [2.24, 2.45) is 0 Å². The third-order valence-electron chi connectivity index (χ3n) is 3.09. The molecule has 0 radical (unpaired) electrons. The van der Waals surface area contributed by atoms with Crippen molar-refractivity contribution >= 4 is 11.7 Å². The van der Waals surface area contributed by atoms with E-state index in [1.165, 1.54) is 0 Å². The summed E-state index contributed by atoms with van der Waals surface area (Å²) in [6, 6.07) is 3.74. The van der Waals surface area contributed by atoms with Gasteiger partial charge in [0, 0.05) is 39.8 Å². The third-order valence-corrected chi connectivity index (χ3v) is 3.09. The normalized spacial score (nSPS) is 19.7. The standard InChI is InChI=1S/C12H19N5O/c1-9-8-13-6-7-17(9)12(18)10-4-5-11(15-14-10)16(2)3/h4-5,9,13H,6-8H2,1-3H3. The van der Waals surface area contributed by atoms with Gasteiger partial charge in [-0.05, 0) is 19.1 Å². The van der Waals surface area contributed by atoms with Crippen LogP contribution in [-0.2, 0) is 0 Å². The van der Waals surface area contributed by atoms with Crippen LogP contribution in [0.5, 0.6) is 0 Å². The highest BCUT2D eigenvalue weighted by Gasteiger charge is 2.25. The predicted molar refractivity (Wildman–Crippen MR) is 69.7 cm³/mol. The molecule has 0 spiro atoms. The number of carbonyl (C=O) groups is 1. The maximum Gasteiger partial charge on any atom is 0.274 e. The smallest absolute Gasteiger partial charge is 0.274 e. The quantitative estimate of drug-likeness (QED) is 0.798. The first-order valence-corrected chi connectivity index (χ1v) is 6.12. The lowest BCUT2D eigenvalue weighted by Gasteiger charge is -2.33. The summed E-state index contributed by atoms with van der Waals surface area (Å²) < 4.78 is 0. The molecule has 1 fully saturated rings. The molecule has 1 atom stereocenters. The van der Waals surface area contributed by atoms with E-state index < -0.39 is 0 Å². The number of carbonyl (C=O) groups excluding carboxylic acids is 1. The second-order valence-electron chi connectivity index (χ2n) is 4.72. The van der Waals surface area contributed by atoms with Crippen LogP contribution in [0, 0.1) is 0 Å². The molecule has 2 rings (SSSR count). The molecule has 1 aliphatic heterocycles. The molecule has 6 heteroatoms. The van der Waals surface area contributed by atoms with E-state index >= 15 is 0 Å². The molecular weight excluding hydrogens is 230 g/mol. The molecule has 0 aliphatic carbocycles. The van der Waals surface area contributed by atoms with Gasteiger partial charge in [-0.3, -0.25) is 4.79 Å². The zero-order valence-corrected chi connectivity index (χ0v) is 11.1. The highest BCUT2D eigenvalue weighted by molar-refractivity contribution is 5.92. The van der Waals surface area contributed by atoms with Crippen LogP contribution in [0.25, 0.3) is 0 Å². The number of hydrogen-bond acceptors (Lipinski definition) is 5. The predicted octanol–water partition coefficient (Wildman–Crippen LogP) is -0.0235. The Bertz CT molecular complexity index is 417. The van der Waals surface area contributed by atoms with Gasteiger partial charge >= 0.3 is 0 Å². The average Bonchev–Trinajstić information content (AvgIpc) is 2.38. The SMILES string of the molecule is CC1CNCCN1C(=O)c1ccc(N(C)C)nn1. The molecule has 0 saturated carbocycles. The van der Waals surface area contributed by atoms with Crippen LogP contribution in [0.4, 0.5) is 5.82 Å². The van der Waals surface area contributed by atoms with Gasteiger partial charge in [-0.2, -0.15) is 0 Å². The Balaban J connectivity index is 2.13. The molecule has 6 nitrogen and oxygen atoms in total. The summed E-state index contributed by atoms with van der Waals surface area (Å²) in [6.45, 7) is 4.41. The number of anilines is 1. The number of aromatic nitrogens is 2. The molecule has 1 saturated heterocycles. The van der Waals surface area contributed by atoms with Crippen molar-refractivity contribution in [1.29, 1.82) is 0 Å². The van der Waals surface area contributed by atoms with Crippen LogP contribution in [0.1, 0.15) is 17.4 Å². The van der Waals surface area contributed by atoms with Gasteiger partial charge in [0.15, 0.2) is 11.5 Å². The van der Waals surface area contributed by atoms with Crippen molar-refractivity contribution in [3.63, 3.8) is 0 Å². The average molecular weight is 249 g/mol. The Morgan fingerprint density at radius 3 is 2.78 bits per heavy atom. The van der Waals surface area contributed by atoms with Crippen molar-refractivity contribution in [2.45, 2.75) is 13.0 Å². The first-order valence-electron chi connectivity index (χ1n) is 6.12. The molecule has 2 heterocycles. The van der Waals surface area contributed by atoms with Gasteiger partial charge in [0.1, 0.15) is 0 Å². The van der Waals surface area contributed by atoms with Crippen LogP contribution in [0.2, 0.25) is 0 Å². The van der Waals surface area contributed by atoms with Gasteiger partial charge in [0.25, 0.3) is 5.91 Å². The van der Waals surface area contributed by atoms with Crippen LogP contribution >= 0.6 is 0 Å². The van der Waals surface area contributed by atoms with Gasteiger partial charge in [0.05, 0.1) is 0 Å². The van der Waals surface area contributed by atoms with Crippen LogP contribution in [0.15, 0.2) is 12.1 Å². The van der Waals surface area contributed by atoms with Crippen molar-refractivity contribution in [2.75, 3.05) is 38.6 Å². The summed E-state index contributed by atoms with van der Waals surface area (Å²) in [7, 11) is 3.79. The molecule has 1 amide bonds. The lowest BCUT2D eigenvalue weighted by Crippen LogP contribution is -2.52. The zero-order chi connectivity index (χ0) is 13.1. The third kappa shape index (κ3) is 2.59. The van der Waals surface area contributed by atoms with E-state index in [1.807, 2.05) is 36.9 Å². The Kier molecular flexibility index (Phi) is 3.76. The minimum atomic E-state index is -0.0400. The summed E-state index contributed by atoms with van der Waals surface area (Å²) in [4.78, 5) is 16.0. The number of rotatable bonds is 2. The van der Waals surface area contributed by atoms with E-state index in [0.29, 0.717) is 5.69 Å². The van der Waals surface area contributed by atoms with E-state index in [0.717, 1.165) is 25.5 Å². The van der Waals surface area contributed by atoms with Crippen molar-refractivity contribution < 1.29 is 4.79 Å². The fraction of sp³-hybridized carbons (Fsp3) is 0.583. The molecule has 1 unspecified atom stereocenters. The molecule has 98 valence electrons. The number of amides is 1. The van der Waals surface area contributed by atoms with Gasteiger partial charge in [-0.25, -0.2) is 0 Å². The molecule has 18 heavy (non-hydrogen) atoms. The molecule has 0 aromatic carbocycles. The first-order chi connectivity index (χ1) is 8.59. The summed E-state index contributed by atoms with van der Waals surface area (Å²) in [5.74, 6) is 0.710. The molecular formula is C12H19N5O. The van der Waals surface area contributed by atoms with E-state index in [-0.39, 0.29) is 11.9 Å². The summed E-state index contributed by atoms with van der Waals surface area (Å²) >= 11 is 0. The lowest BCUT2D eigenvalue weighted by atomic mass is 10.2. The van der Waals surface area contributed by atoms with E-state index in [1.54, 1.807) is 6.07 Å². The fourth-order valence-corrected chi connectivity index (χ4v) is 1.97. The molecule has 1 aromatic rings. The number of hydrogen-bond donors (Lipinski definition) is 1. The Morgan fingerprint density at radius 2 is 2.22 bits per heavy atom. The van der Waals surface area contributed by atoms with Crippen molar-refractivity contribution in [1.82, 2.24) is 20.4 Å². The lowest BCUT2D eigenvalue weighted by molar-refractivity contribution is 0.0648. The van der Waals surface area contributed by atoms with Crippen LogP contribution in [0.3, 0.4) is 0 Å². The van der Waals surface area contributed by atoms with Crippen molar-refractivity contribution in [3.05, 3.63) is 17.8 Å². The Morgan fingerprint density at radius 1 is 1.44 bits per heavy atom. The van der Waals surface area contributed by atoms with E-state index in [4.69, 9.17) is 0 Å². The minimum absolute atomic E-state index is 0.0400. The van der Waals surface area contributed by atoms with Crippen LogP contribution in [-0.4, -0.2) is 60.8 Å². The maximum absolute atomic E-state index is 12.3. The second-order valence-corrected chi connectivity index (χ2v) is 4.72. The Labute approximate surface area is 107 Å². The van der Waals surface area contributed by atoms with E-state index in [2.05, 4.69) is 15.5 Å². The van der Waals surface area contributed by atoms with Crippen LogP contribution < -0.4 is 10.2 Å². The highest BCUT2D eigenvalue weighted by atomic mass is 16.2. The van der Waals surface area contributed by atoms with Crippen molar-refractivity contribution in [3.8, 4) is 0 Å². The number of nitrogens with zero attached hydrogens (tertiary/aromatic N) is 4. The minimum Gasteiger partial charge on any atom is -0.361 e. The van der Waals surface area contributed by atoms with Gasteiger partial charge in [-0.1, -0.05) is 0 Å². The summed E-state index contributed by atoms with van der Waals surface area (Å²) in [6.07, 6.45) is 0. The monoisotopic (exact) mass is 249 g/mol. The molecule has 0 bridgehead atoms.